The first-order valence-electron chi connectivity index (χ1n) is 6.81. The van der Waals surface area contributed by atoms with Crippen molar-refractivity contribution in [3.8, 4) is 0 Å². The van der Waals surface area contributed by atoms with E-state index in [1.54, 1.807) is 18.7 Å². The van der Waals surface area contributed by atoms with Gasteiger partial charge in [0.25, 0.3) is 0 Å². The summed E-state index contributed by atoms with van der Waals surface area (Å²) in [5.74, 6) is 0. The summed E-state index contributed by atoms with van der Waals surface area (Å²) in [5, 5.41) is 13.3. The fourth-order valence-electron chi connectivity index (χ4n) is 1.87. The minimum Gasteiger partial charge on any atom is -0.389 e. The van der Waals surface area contributed by atoms with Gasteiger partial charge in [-0.05, 0) is 44.9 Å². The summed E-state index contributed by atoms with van der Waals surface area (Å²) < 4.78 is 0. The van der Waals surface area contributed by atoms with Crippen molar-refractivity contribution < 1.29 is 9.90 Å². The number of nitrogens with one attached hydrogen (secondary N) is 1. The third kappa shape index (κ3) is 6.26. The number of likely N-dealkylation sites (N-methyl/N-ethyl adjacent to an activating group) is 1. The Morgan fingerprint density at radius 2 is 1.95 bits per heavy atom. The molecule has 4 nitrogen and oxygen atoms in total. The van der Waals surface area contributed by atoms with Crippen LogP contribution in [-0.4, -0.2) is 41.3 Å². The molecule has 1 aromatic rings. The van der Waals surface area contributed by atoms with Crippen LogP contribution in [0, 0.1) is 0 Å². The van der Waals surface area contributed by atoms with E-state index in [1.165, 1.54) is 0 Å². The Kier molecular flexibility index (Phi) is 6.30. The van der Waals surface area contributed by atoms with Gasteiger partial charge >= 0.3 is 6.03 Å². The van der Waals surface area contributed by atoms with Crippen LogP contribution in [0.5, 0.6) is 0 Å². The summed E-state index contributed by atoms with van der Waals surface area (Å²) in [4.78, 5) is 13.6. The third-order valence-corrected chi connectivity index (χ3v) is 3.10. The molecule has 2 amide bonds. The molecule has 0 aromatic heterocycles. The minimum absolute atomic E-state index is 0.149. The molecule has 0 aliphatic carbocycles. The Bertz CT molecular complexity index is 426. The molecule has 20 heavy (non-hydrogen) atoms. The first kappa shape index (κ1) is 16.8. The second kappa shape index (κ2) is 7.50. The molecule has 2 N–H and O–H groups in total. The van der Waals surface area contributed by atoms with Crippen LogP contribution in [0.1, 0.15) is 26.3 Å². The van der Waals surface area contributed by atoms with Gasteiger partial charge in [-0.25, -0.2) is 4.79 Å². The van der Waals surface area contributed by atoms with E-state index < -0.39 is 5.60 Å². The van der Waals surface area contributed by atoms with E-state index in [9.17, 15) is 9.90 Å². The molecule has 5 heteroatoms. The van der Waals surface area contributed by atoms with Crippen molar-refractivity contribution >= 4 is 17.6 Å². The van der Waals surface area contributed by atoms with Crippen molar-refractivity contribution in [2.24, 2.45) is 0 Å². The number of hydrogen-bond acceptors (Lipinski definition) is 2. The van der Waals surface area contributed by atoms with Crippen LogP contribution in [0.3, 0.4) is 0 Å². The standard InChI is InChI=1S/C15H23ClN2O2/c1-4-18(11-15(2,3)20)14(19)17-10-9-12-5-7-13(16)8-6-12/h5-8,20H,4,9-11H2,1-3H3,(H,17,19). The Morgan fingerprint density at radius 3 is 2.45 bits per heavy atom. The average Bonchev–Trinajstić information content (AvgIpc) is 2.37. The molecular weight excluding hydrogens is 276 g/mol. The number of urea groups is 1. The molecular formula is C15H23ClN2O2. The van der Waals surface area contributed by atoms with E-state index in [0.29, 0.717) is 24.7 Å². The Labute approximate surface area is 125 Å². The van der Waals surface area contributed by atoms with E-state index in [2.05, 4.69) is 5.32 Å². The summed E-state index contributed by atoms with van der Waals surface area (Å²) >= 11 is 5.82. The van der Waals surface area contributed by atoms with Crippen molar-refractivity contribution in [3.05, 3.63) is 34.9 Å². The van der Waals surface area contributed by atoms with Crippen molar-refractivity contribution in [2.75, 3.05) is 19.6 Å². The lowest BCUT2D eigenvalue weighted by molar-refractivity contribution is 0.0480. The molecule has 0 atom stereocenters. The van der Waals surface area contributed by atoms with E-state index >= 15 is 0 Å². The number of halogens is 1. The van der Waals surface area contributed by atoms with Crippen LogP contribution in [0.4, 0.5) is 4.79 Å². The summed E-state index contributed by atoms with van der Waals surface area (Å²) in [6, 6.07) is 7.42. The van der Waals surface area contributed by atoms with Crippen LogP contribution < -0.4 is 5.32 Å². The zero-order valence-corrected chi connectivity index (χ0v) is 13.1. The van der Waals surface area contributed by atoms with Gasteiger partial charge in [0.1, 0.15) is 0 Å². The lowest BCUT2D eigenvalue weighted by atomic mass is 10.1. The number of rotatable bonds is 6. The number of hydrogen-bond donors (Lipinski definition) is 2. The number of amides is 2. The van der Waals surface area contributed by atoms with Gasteiger partial charge in [0, 0.05) is 18.1 Å². The van der Waals surface area contributed by atoms with Crippen molar-refractivity contribution in [3.63, 3.8) is 0 Å². The molecule has 0 saturated carbocycles. The number of carbonyl (C=O) groups is 1. The fraction of sp³-hybridized carbons (Fsp3) is 0.533. The number of nitrogens with zero attached hydrogens (tertiary/aromatic N) is 1. The predicted octanol–water partition coefficient (Wildman–Crippen LogP) is 2.68. The molecule has 1 aromatic carbocycles. The van der Waals surface area contributed by atoms with E-state index in [4.69, 9.17) is 11.6 Å². The molecule has 0 aliphatic heterocycles. The SMILES string of the molecule is CCN(CC(C)(C)O)C(=O)NCCc1ccc(Cl)cc1. The van der Waals surface area contributed by atoms with Gasteiger partial charge in [-0.15, -0.1) is 0 Å². The molecule has 112 valence electrons. The lowest BCUT2D eigenvalue weighted by Crippen LogP contribution is -2.47. The van der Waals surface area contributed by atoms with Crippen LogP contribution >= 0.6 is 11.6 Å². The maximum atomic E-state index is 12.0. The van der Waals surface area contributed by atoms with E-state index in [1.807, 2.05) is 31.2 Å². The Morgan fingerprint density at radius 1 is 1.35 bits per heavy atom. The van der Waals surface area contributed by atoms with Crippen LogP contribution in [0.2, 0.25) is 5.02 Å². The second-order valence-corrected chi connectivity index (χ2v) is 5.87. The highest BCUT2D eigenvalue weighted by Gasteiger charge is 2.20. The van der Waals surface area contributed by atoms with Crippen LogP contribution in [-0.2, 0) is 6.42 Å². The first-order valence-corrected chi connectivity index (χ1v) is 7.19. The van der Waals surface area contributed by atoms with Gasteiger partial charge in [-0.1, -0.05) is 23.7 Å². The molecule has 1 rings (SSSR count). The Hall–Kier alpha value is -1.26. The molecule has 0 spiro atoms. The quantitative estimate of drug-likeness (QED) is 0.848. The Balaban J connectivity index is 2.40. The molecule has 0 fully saturated rings. The highest BCUT2D eigenvalue weighted by atomic mass is 35.5. The van der Waals surface area contributed by atoms with Gasteiger partial charge in [0.05, 0.1) is 12.1 Å². The van der Waals surface area contributed by atoms with Gasteiger partial charge < -0.3 is 15.3 Å². The summed E-state index contributed by atoms with van der Waals surface area (Å²) in [6.45, 7) is 6.72. The zero-order chi connectivity index (χ0) is 15.2. The summed E-state index contributed by atoms with van der Waals surface area (Å²) in [7, 11) is 0. The van der Waals surface area contributed by atoms with E-state index in [0.717, 1.165) is 12.0 Å². The van der Waals surface area contributed by atoms with Crippen molar-refractivity contribution in [1.82, 2.24) is 10.2 Å². The molecule has 0 aliphatic rings. The predicted molar refractivity (Wildman–Crippen MR) is 82.1 cm³/mol. The second-order valence-electron chi connectivity index (χ2n) is 5.44. The topological polar surface area (TPSA) is 52.6 Å². The highest BCUT2D eigenvalue weighted by molar-refractivity contribution is 6.30. The summed E-state index contributed by atoms with van der Waals surface area (Å²) in [5.41, 5.74) is 0.240. The number of aliphatic hydroxyl groups is 1. The maximum Gasteiger partial charge on any atom is 0.317 e. The average molecular weight is 299 g/mol. The van der Waals surface area contributed by atoms with Gasteiger partial charge in [0.15, 0.2) is 0 Å². The van der Waals surface area contributed by atoms with Crippen molar-refractivity contribution in [1.29, 1.82) is 0 Å². The molecule has 0 saturated heterocycles. The zero-order valence-electron chi connectivity index (χ0n) is 12.3. The van der Waals surface area contributed by atoms with Crippen LogP contribution in [0.25, 0.3) is 0 Å². The van der Waals surface area contributed by atoms with Gasteiger partial charge in [-0.3, -0.25) is 0 Å². The summed E-state index contributed by atoms with van der Waals surface area (Å²) in [6.07, 6.45) is 0.753. The lowest BCUT2D eigenvalue weighted by Gasteiger charge is -2.28. The van der Waals surface area contributed by atoms with Gasteiger partial charge in [0.2, 0.25) is 0 Å². The normalized spacial score (nSPS) is 11.2. The third-order valence-electron chi connectivity index (χ3n) is 2.85. The van der Waals surface area contributed by atoms with Gasteiger partial charge in [-0.2, -0.15) is 0 Å². The number of carbonyl (C=O) groups excluding carboxylic acids is 1. The molecule has 0 bridgehead atoms. The smallest absolute Gasteiger partial charge is 0.317 e. The van der Waals surface area contributed by atoms with Crippen LogP contribution in [0.15, 0.2) is 24.3 Å². The highest BCUT2D eigenvalue weighted by Crippen LogP contribution is 2.09. The maximum absolute atomic E-state index is 12.0. The largest absolute Gasteiger partial charge is 0.389 e. The minimum atomic E-state index is -0.885. The molecule has 0 heterocycles. The molecule has 0 radical (unpaired) electrons. The molecule has 0 unspecified atom stereocenters. The first-order chi connectivity index (χ1) is 9.31. The number of benzene rings is 1. The monoisotopic (exact) mass is 298 g/mol. The van der Waals surface area contributed by atoms with Crippen molar-refractivity contribution in [2.45, 2.75) is 32.8 Å². The van der Waals surface area contributed by atoms with E-state index in [-0.39, 0.29) is 6.03 Å². The fourth-order valence-corrected chi connectivity index (χ4v) is 2.00.